The molecule has 2 aliphatic heterocycles. The molecule has 0 unspecified atom stereocenters. The van der Waals surface area contributed by atoms with Gasteiger partial charge in [-0.2, -0.15) is 0 Å². The standard InChI is InChI=1S/C34H29NO5/c1-22-18-27-19-26(14-17-29(27)40-22)32(36)30-31(35(34(38)33(30)37)20-23-8-4-2-5-9-23)25-12-15-28(16-13-25)39-21-24-10-6-3-7-11-24/h2-17,19,22,31,36H,18,20-21H2,1H3/t22-,31+/m1/s1. The van der Waals surface area contributed by atoms with Crippen LogP contribution in [0.4, 0.5) is 0 Å². The lowest BCUT2D eigenvalue weighted by molar-refractivity contribution is -0.140. The van der Waals surface area contributed by atoms with Gasteiger partial charge in [-0.05, 0) is 59.5 Å². The molecule has 1 amide bonds. The lowest BCUT2D eigenvalue weighted by Gasteiger charge is -2.25. The maximum absolute atomic E-state index is 13.5. The van der Waals surface area contributed by atoms with Gasteiger partial charge in [0.25, 0.3) is 11.7 Å². The van der Waals surface area contributed by atoms with Crippen LogP contribution in [0.15, 0.2) is 109 Å². The van der Waals surface area contributed by atoms with Crippen molar-refractivity contribution in [3.05, 3.63) is 137 Å². The Bertz CT molecular complexity index is 1580. The van der Waals surface area contributed by atoms with E-state index in [0.717, 1.165) is 22.4 Å². The molecule has 0 aromatic heterocycles. The molecule has 2 aliphatic rings. The van der Waals surface area contributed by atoms with Gasteiger partial charge in [-0.25, -0.2) is 0 Å². The molecule has 0 radical (unpaired) electrons. The van der Waals surface area contributed by atoms with Crippen molar-refractivity contribution in [2.45, 2.75) is 38.6 Å². The zero-order valence-corrected chi connectivity index (χ0v) is 22.1. The highest BCUT2D eigenvalue weighted by atomic mass is 16.5. The second-order valence-electron chi connectivity index (χ2n) is 10.2. The summed E-state index contributed by atoms with van der Waals surface area (Å²) in [7, 11) is 0. The first-order chi connectivity index (χ1) is 19.5. The number of aliphatic hydroxyl groups is 1. The number of nitrogens with zero attached hydrogens (tertiary/aromatic N) is 1. The topological polar surface area (TPSA) is 76.1 Å². The van der Waals surface area contributed by atoms with Crippen LogP contribution in [-0.2, 0) is 29.2 Å². The van der Waals surface area contributed by atoms with E-state index in [1.165, 1.54) is 4.90 Å². The second kappa shape index (κ2) is 10.7. The number of carbonyl (C=O) groups is 2. The third-order valence-corrected chi connectivity index (χ3v) is 7.35. The van der Waals surface area contributed by atoms with Crippen molar-refractivity contribution in [3.8, 4) is 11.5 Å². The quantitative estimate of drug-likeness (QED) is 0.174. The maximum Gasteiger partial charge on any atom is 0.295 e. The van der Waals surface area contributed by atoms with Gasteiger partial charge in [-0.1, -0.05) is 72.8 Å². The van der Waals surface area contributed by atoms with E-state index in [2.05, 4.69) is 0 Å². The van der Waals surface area contributed by atoms with Crippen LogP contribution in [0.25, 0.3) is 5.76 Å². The first-order valence-electron chi connectivity index (χ1n) is 13.4. The van der Waals surface area contributed by atoms with E-state index in [1.54, 1.807) is 6.07 Å². The van der Waals surface area contributed by atoms with Crippen molar-refractivity contribution in [2.75, 3.05) is 0 Å². The van der Waals surface area contributed by atoms with Crippen molar-refractivity contribution in [1.29, 1.82) is 0 Å². The third kappa shape index (κ3) is 4.96. The number of rotatable bonds is 7. The van der Waals surface area contributed by atoms with Crippen molar-refractivity contribution >= 4 is 17.4 Å². The molecule has 1 saturated heterocycles. The molecule has 4 aromatic rings. The number of likely N-dealkylation sites (tertiary alicyclic amines) is 1. The largest absolute Gasteiger partial charge is 0.507 e. The Kier molecular flexibility index (Phi) is 6.83. The number of aliphatic hydroxyl groups excluding tert-OH is 1. The van der Waals surface area contributed by atoms with Crippen molar-refractivity contribution in [3.63, 3.8) is 0 Å². The summed E-state index contributed by atoms with van der Waals surface area (Å²) in [6, 6.07) is 31.4. The van der Waals surface area contributed by atoms with Crippen LogP contribution in [0.1, 0.15) is 40.8 Å². The minimum Gasteiger partial charge on any atom is -0.507 e. The minimum atomic E-state index is -0.758. The van der Waals surface area contributed by atoms with E-state index in [1.807, 2.05) is 104 Å². The molecule has 0 aliphatic carbocycles. The Morgan fingerprint density at radius 3 is 2.27 bits per heavy atom. The Balaban J connectivity index is 1.37. The number of hydrogen-bond acceptors (Lipinski definition) is 5. The molecule has 6 heteroatoms. The molecule has 0 spiro atoms. The number of fused-ring (bicyclic) bond motifs is 1. The lowest BCUT2D eigenvalue weighted by Crippen LogP contribution is -2.29. The molecule has 0 saturated carbocycles. The summed E-state index contributed by atoms with van der Waals surface area (Å²) in [5, 5.41) is 11.5. The molecule has 200 valence electrons. The number of carbonyl (C=O) groups excluding carboxylic acids is 2. The Labute approximate surface area is 233 Å². The van der Waals surface area contributed by atoms with Gasteiger partial charge in [0.1, 0.15) is 30.0 Å². The molecule has 40 heavy (non-hydrogen) atoms. The van der Waals surface area contributed by atoms with Crippen LogP contribution in [0.2, 0.25) is 0 Å². The highest BCUT2D eigenvalue weighted by Gasteiger charge is 2.46. The number of benzene rings is 4. The molecule has 1 N–H and O–H groups in total. The lowest BCUT2D eigenvalue weighted by atomic mass is 9.94. The Morgan fingerprint density at radius 1 is 0.900 bits per heavy atom. The zero-order chi connectivity index (χ0) is 27.6. The van der Waals surface area contributed by atoms with E-state index < -0.39 is 17.7 Å². The Hall–Kier alpha value is -4.84. The number of hydrogen-bond donors (Lipinski definition) is 1. The van der Waals surface area contributed by atoms with Crippen molar-refractivity contribution in [2.24, 2.45) is 0 Å². The first-order valence-corrected chi connectivity index (χ1v) is 13.4. The fourth-order valence-corrected chi connectivity index (χ4v) is 5.38. The van der Waals surface area contributed by atoms with Crippen LogP contribution in [0, 0.1) is 0 Å². The Morgan fingerprint density at radius 2 is 1.57 bits per heavy atom. The average molecular weight is 532 g/mol. The van der Waals surface area contributed by atoms with E-state index in [4.69, 9.17) is 9.47 Å². The van der Waals surface area contributed by atoms with E-state index >= 15 is 0 Å². The van der Waals surface area contributed by atoms with Crippen LogP contribution < -0.4 is 9.47 Å². The summed E-state index contributed by atoms with van der Waals surface area (Å²) < 4.78 is 11.7. The molecule has 4 aromatic carbocycles. The number of amides is 1. The van der Waals surface area contributed by atoms with Gasteiger partial charge in [-0.3, -0.25) is 9.59 Å². The maximum atomic E-state index is 13.5. The normalized spacial score (nSPS) is 19.4. The summed E-state index contributed by atoms with van der Waals surface area (Å²) in [5.74, 6) is -0.0897. The number of ether oxygens (including phenoxy) is 2. The zero-order valence-electron chi connectivity index (χ0n) is 22.1. The molecular formula is C34H29NO5. The van der Waals surface area contributed by atoms with E-state index in [-0.39, 0.29) is 24.0 Å². The van der Waals surface area contributed by atoms with Crippen molar-refractivity contribution < 1.29 is 24.2 Å². The molecular weight excluding hydrogens is 502 g/mol. The third-order valence-electron chi connectivity index (χ3n) is 7.35. The fraction of sp³-hybridized carbons (Fsp3) is 0.176. The predicted octanol–water partition coefficient (Wildman–Crippen LogP) is 6.21. The van der Waals surface area contributed by atoms with Crippen molar-refractivity contribution in [1.82, 2.24) is 4.90 Å². The molecule has 2 atom stereocenters. The minimum absolute atomic E-state index is 0.0477. The SMILES string of the molecule is C[C@@H]1Cc2cc(C(O)=C3C(=O)C(=O)N(Cc4ccccc4)[C@H]3c3ccc(OCc4ccccc4)cc3)ccc2O1. The highest BCUT2D eigenvalue weighted by molar-refractivity contribution is 6.46. The number of ketones is 1. The highest BCUT2D eigenvalue weighted by Crippen LogP contribution is 2.41. The molecule has 1 fully saturated rings. The molecule has 0 bridgehead atoms. The van der Waals surface area contributed by atoms with E-state index in [0.29, 0.717) is 29.9 Å². The van der Waals surface area contributed by atoms with Gasteiger partial charge in [0.05, 0.1) is 11.6 Å². The smallest absolute Gasteiger partial charge is 0.295 e. The molecule has 2 heterocycles. The van der Waals surface area contributed by atoms with E-state index in [9.17, 15) is 14.7 Å². The fourth-order valence-electron chi connectivity index (χ4n) is 5.38. The van der Waals surface area contributed by atoms with Crippen LogP contribution in [0.3, 0.4) is 0 Å². The van der Waals surface area contributed by atoms with Crippen LogP contribution >= 0.6 is 0 Å². The second-order valence-corrected chi connectivity index (χ2v) is 10.2. The van der Waals surface area contributed by atoms with Gasteiger partial charge < -0.3 is 19.5 Å². The predicted molar refractivity (Wildman–Crippen MR) is 152 cm³/mol. The van der Waals surface area contributed by atoms with Gasteiger partial charge in [0.2, 0.25) is 0 Å². The summed E-state index contributed by atoms with van der Waals surface area (Å²) in [6.07, 6.45) is 0.763. The van der Waals surface area contributed by atoms with Gasteiger partial charge >= 0.3 is 0 Å². The van der Waals surface area contributed by atoms with Gasteiger partial charge in [-0.15, -0.1) is 0 Å². The molecule has 6 nitrogen and oxygen atoms in total. The van der Waals surface area contributed by atoms with Gasteiger partial charge in [0.15, 0.2) is 0 Å². The summed E-state index contributed by atoms with van der Waals surface area (Å²) in [4.78, 5) is 28.4. The summed E-state index contributed by atoms with van der Waals surface area (Å²) >= 11 is 0. The number of Topliss-reactive ketones (excluding diaryl/α,β-unsaturated/α-hetero) is 1. The van der Waals surface area contributed by atoms with Crippen LogP contribution in [-0.4, -0.2) is 27.8 Å². The summed E-state index contributed by atoms with van der Waals surface area (Å²) in [6.45, 7) is 2.64. The summed E-state index contributed by atoms with van der Waals surface area (Å²) in [5.41, 5.74) is 4.18. The van der Waals surface area contributed by atoms with Gasteiger partial charge in [0, 0.05) is 18.5 Å². The monoisotopic (exact) mass is 531 g/mol. The molecule has 6 rings (SSSR count). The average Bonchev–Trinajstić information content (AvgIpc) is 3.48. The van der Waals surface area contributed by atoms with Crippen LogP contribution in [0.5, 0.6) is 11.5 Å². The first kappa shape index (κ1) is 25.4.